The lowest BCUT2D eigenvalue weighted by atomic mass is 10.2. The highest BCUT2D eigenvalue weighted by Crippen LogP contribution is 2.36. The van der Waals surface area contributed by atoms with E-state index in [0.29, 0.717) is 44.8 Å². The smallest absolute Gasteiger partial charge is 0.277 e. The van der Waals surface area contributed by atoms with Crippen LogP contribution in [0.25, 0.3) is 11.0 Å². The van der Waals surface area contributed by atoms with Gasteiger partial charge in [-0.3, -0.25) is 14.6 Å². The zero-order chi connectivity index (χ0) is 20.5. The molecule has 0 fully saturated rings. The summed E-state index contributed by atoms with van der Waals surface area (Å²) in [6, 6.07) is 10.7. The van der Waals surface area contributed by atoms with E-state index >= 15 is 0 Å². The second-order valence-electron chi connectivity index (χ2n) is 6.39. The highest BCUT2D eigenvalue weighted by molar-refractivity contribution is 6.32. The molecule has 0 spiro atoms. The monoisotopic (exact) mass is 411 g/mol. The molecule has 3 aromatic heterocycles. The van der Waals surface area contributed by atoms with Crippen LogP contribution in [0, 0.1) is 6.92 Å². The van der Waals surface area contributed by atoms with Gasteiger partial charge in [-0.15, -0.1) is 5.10 Å². The van der Waals surface area contributed by atoms with E-state index in [1.807, 2.05) is 19.1 Å². The maximum Gasteiger partial charge on any atom is 0.277 e. The van der Waals surface area contributed by atoms with Gasteiger partial charge in [0.1, 0.15) is 11.2 Å². The molecule has 4 aromatic rings. The van der Waals surface area contributed by atoms with E-state index in [9.17, 15) is 4.79 Å². The lowest BCUT2D eigenvalue weighted by Gasteiger charge is -2.14. The van der Waals surface area contributed by atoms with Gasteiger partial charge in [-0.05, 0) is 31.2 Å². The Morgan fingerprint density at radius 2 is 1.93 bits per heavy atom. The predicted octanol–water partition coefficient (Wildman–Crippen LogP) is 3.51. The number of aromatic amines is 1. The Morgan fingerprint density at radius 3 is 2.66 bits per heavy atom. The van der Waals surface area contributed by atoms with Gasteiger partial charge in [-0.1, -0.05) is 17.7 Å². The van der Waals surface area contributed by atoms with Crippen LogP contribution in [0.1, 0.15) is 5.69 Å². The van der Waals surface area contributed by atoms with Gasteiger partial charge >= 0.3 is 0 Å². The number of fused-ring (bicyclic) bond motifs is 1. The Balaban J connectivity index is 1.82. The van der Waals surface area contributed by atoms with E-state index in [0.717, 1.165) is 5.69 Å². The molecule has 4 rings (SSSR count). The number of benzene rings is 1. The number of aryl methyl sites for hydroxylation is 2. The van der Waals surface area contributed by atoms with Crippen molar-refractivity contribution >= 4 is 45.6 Å². The third kappa shape index (κ3) is 3.59. The minimum absolute atomic E-state index is 0.210. The number of para-hydroxylation sites is 1. The van der Waals surface area contributed by atoms with Gasteiger partial charge in [0, 0.05) is 13.1 Å². The molecule has 0 bridgehead atoms. The van der Waals surface area contributed by atoms with Crippen molar-refractivity contribution in [1.82, 2.24) is 25.0 Å². The molecular formula is C19H18ClN7O2. The topological polar surface area (TPSA) is 110 Å². The molecule has 0 aliphatic carbocycles. The van der Waals surface area contributed by atoms with Crippen molar-refractivity contribution in [3.63, 3.8) is 0 Å². The number of anilines is 4. The van der Waals surface area contributed by atoms with Gasteiger partial charge in [-0.2, -0.15) is 5.10 Å². The summed E-state index contributed by atoms with van der Waals surface area (Å²) < 4.78 is 6.77. The van der Waals surface area contributed by atoms with Gasteiger partial charge in [0.2, 0.25) is 0 Å². The van der Waals surface area contributed by atoms with Gasteiger partial charge in [-0.25, -0.2) is 4.98 Å². The number of nitrogens with one attached hydrogen (secondary N) is 3. The zero-order valence-corrected chi connectivity index (χ0v) is 16.7. The van der Waals surface area contributed by atoms with Crippen molar-refractivity contribution in [2.24, 2.45) is 7.05 Å². The highest BCUT2D eigenvalue weighted by atomic mass is 35.5. The van der Waals surface area contributed by atoms with Crippen LogP contribution in [0.5, 0.6) is 5.75 Å². The summed E-state index contributed by atoms with van der Waals surface area (Å²) in [4.78, 5) is 17.1. The van der Waals surface area contributed by atoms with Crippen LogP contribution in [-0.4, -0.2) is 32.1 Å². The minimum Gasteiger partial charge on any atom is -0.493 e. The van der Waals surface area contributed by atoms with Gasteiger partial charge < -0.3 is 15.4 Å². The van der Waals surface area contributed by atoms with Crippen molar-refractivity contribution in [2.45, 2.75) is 6.92 Å². The average Bonchev–Trinajstić information content (AvgIpc) is 2.98. The molecule has 0 aliphatic rings. The molecule has 0 aliphatic heterocycles. The van der Waals surface area contributed by atoms with Crippen molar-refractivity contribution in [3.8, 4) is 5.75 Å². The van der Waals surface area contributed by atoms with Crippen LogP contribution >= 0.6 is 11.6 Å². The first-order chi connectivity index (χ1) is 14.0. The first-order valence-electron chi connectivity index (χ1n) is 8.73. The van der Waals surface area contributed by atoms with E-state index in [1.165, 1.54) is 11.8 Å². The number of halogens is 1. The lowest BCUT2D eigenvalue weighted by molar-refractivity contribution is 0.417. The summed E-state index contributed by atoms with van der Waals surface area (Å²) in [6.07, 6.45) is 0. The maximum atomic E-state index is 12.6. The number of ether oxygens (including phenoxy) is 1. The molecule has 1 aromatic carbocycles. The Labute approximate surface area is 170 Å². The van der Waals surface area contributed by atoms with Gasteiger partial charge in [0.05, 0.1) is 29.2 Å². The number of rotatable bonds is 5. The van der Waals surface area contributed by atoms with E-state index < -0.39 is 0 Å². The lowest BCUT2D eigenvalue weighted by Crippen LogP contribution is -2.12. The first kappa shape index (κ1) is 18.8. The molecule has 0 atom stereocenters. The zero-order valence-electron chi connectivity index (χ0n) is 15.9. The fraction of sp³-hybridized carbons (Fsp3) is 0.158. The molecule has 10 heteroatoms. The third-order valence-corrected chi connectivity index (χ3v) is 4.60. The number of aromatic nitrogens is 5. The fourth-order valence-corrected chi connectivity index (χ4v) is 3.19. The van der Waals surface area contributed by atoms with Crippen molar-refractivity contribution in [3.05, 3.63) is 57.5 Å². The van der Waals surface area contributed by atoms with E-state index in [2.05, 4.69) is 30.9 Å². The van der Waals surface area contributed by atoms with Crippen LogP contribution in [0.2, 0.25) is 5.02 Å². The molecule has 0 saturated carbocycles. The second kappa shape index (κ2) is 7.44. The van der Waals surface area contributed by atoms with Crippen LogP contribution in [0.4, 0.5) is 23.0 Å². The quantitative estimate of drug-likeness (QED) is 0.461. The summed E-state index contributed by atoms with van der Waals surface area (Å²) in [5.74, 6) is 1.50. The van der Waals surface area contributed by atoms with Crippen LogP contribution in [0.15, 0.2) is 41.2 Å². The standard InChI is InChI=1S/C19H18ClN7O2/c1-10-7-8-14(25-24-10)22-15-9-13(16-18(23-15)26-27(2)19(16)28)21-12-6-4-5-11(20)17(12)29-3/h4-9H,1-3H3,(H3,21,22,23,25,26). The second-order valence-corrected chi connectivity index (χ2v) is 6.79. The fourth-order valence-electron chi connectivity index (χ4n) is 2.94. The third-order valence-electron chi connectivity index (χ3n) is 4.31. The number of hydrogen-bond donors (Lipinski definition) is 3. The SMILES string of the molecule is COc1c(Cl)cccc1Nc1cc(Nc2ccc(C)nn2)nc2[nH]n(C)c(=O)c12. The van der Waals surface area contributed by atoms with Crippen LogP contribution in [0.3, 0.4) is 0 Å². The Morgan fingerprint density at radius 1 is 1.10 bits per heavy atom. The number of H-pyrrole nitrogens is 1. The van der Waals surface area contributed by atoms with Crippen molar-refractivity contribution in [2.75, 3.05) is 17.7 Å². The summed E-state index contributed by atoms with van der Waals surface area (Å²) in [6.45, 7) is 1.86. The van der Waals surface area contributed by atoms with E-state index in [1.54, 1.807) is 31.3 Å². The summed E-state index contributed by atoms with van der Waals surface area (Å²) in [5, 5.41) is 18.3. The van der Waals surface area contributed by atoms with Gasteiger partial charge in [0.25, 0.3) is 5.56 Å². The van der Waals surface area contributed by atoms with Gasteiger partial charge in [0.15, 0.2) is 17.2 Å². The Hall–Kier alpha value is -3.59. The molecule has 148 valence electrons. The summed E-state index contributed by atoms with van der Waals surface area (Å²) in [5.41, 5.74) is 2.18. The molecule has 3 N–H and O–H groups in total. The van der Waals surface area contributed by atoms with E-state index in [-0.39, 0.29) is 5.56 Å². The molecule has 3 heterocycles. The molecule has 9 nitrogen and oxygen atoms in total. The highest BCUT2D eigenvalue weighted by Gasteiger charge is 2.16. The van der Waals surface area contributed by atoms with Crippen molar-refractivity contribution in [1.29, 1.82) is 0 Å². The molecule has 0 radical (unpaired) electrons. The average molecular weight is 412 g/mol. The molecule has 29 heavy (non-hydrogen) atoms. The molecule has 0 unspecified atom stereocenters. The maximum absolute atomic E-state index is 12.6. The number of methoxy groups -OCH3 is 1. The molecule has 0 saturated heterocycles. The largest absolute Gasteiger partial charge is 0.493 e. The normalized spacial score (nSPS) is 10.9. The predicted molar refractivity (Wildman–Crippen MR) is 113 cm³/mol. The number of pyridine rings is 1. The Kier molecular flexibility index (Phi) is 4.81. The van der Waals surface area contributed by atoms with Crippen LogP contribution in [-0.2, 0) is 7.05 Å². The van der Waals surface area contributed by atoms with Crippen LogP contribution < -0.4 is 20.9 Å². The summed E-state index contributed by atoms with van der Waals surface area (Å²) in [7, 11) is 3.17. The molecule has 0 amide bonds. The van der Waals surface area contributed by atoms with Crippen molar-refractivity contribution < 1.29 is 4.74 Å². The molecular weight excluding hydrogens is 394 g/mol. The number of nitrogens with zero attached hydrogens (tertiary/aromatic N) is 4. The Bertz CT molecular complexity index is 1250. The minimum atomic E-state index is -0.210. The summed E-state index contributed by atoms with van der Waals surface area (Å²) >= 11 is 6.22. The van der Waals surface area contributed by atoms with E-state index in [4.69, 9.17) is 16.3 Å². The first-order valence-corrected chi connectivity index (χ1v) is 9.10. The number of hydrogen-bond acceptors (Lipinski definition) is 7.